The van der Waals surface area contributed by atoms with Gasteiger partial charge >= 0.3 is 0 Å². The molecule has 0 saturated carbocycles. The quantitative estimate of drug-likeness (QED) is 0.880. The first kappa shape index (κ1) is 13.0. The van der Waals surface area contributed by atoms with E-state index in [1.54, 1.807) is 0 Å². The zero-order valence-electron chi connectivity index (χ0n) is 10.3. The second kappa shape index (κ2) is 5.44. The number of hydrogen-bond donors (Lipinski definition) is 1. The summed E-state index contributed by atoms with van der Waals surface area (Å²) in [6.45, 7) is 7.52. The van der Waals surface area contributed by atoms with Crippen LogP contribution in [0.15, 0.2) is 27.7 Å². The van der Waals surface area contributed by atoms with E-state index in [-0.39, 0.29) is 0 Å². The first-order valence-corrected chi connectivity index (χ1v) is 7.48. The van der Waals surface area contributed by atoms with Crippen LogP contribution in [0.2, 0.25) is 0 Å². The van der Waals surface area contributed by atoms with E-state index in [9.17, 15) is 0 Å². The maximum absolute atomic E-state index is 4.55. The zero-order valence-corrected chi connectivity index (χ0v) is 12.7. The van der Waals surface area contributed by atoms with E-state index in [1.807, 2.05) is 11.8 Å². The van der Waals surface area contributed by atoms with Crippen molar-refractivity contribution in [2.24, 2.45) is 10.9 Å². The number of nitrogens with one attached hydrogen (secondary N) is 1. The molecule has 2 rings (SSSR count). The normalized spacial score (nSPS) is 19.6. The van der Waals surface area contributed by atoms with Crippen LogP contribution in [0.5, 0.6) is 0 Å². The van der Waals surface area contributed by atoms with E-state index >= 15 is 0 Å². The number of nitrogens with zero attached hydrogens (tertiary/aromatic N) is 1. The van der Waals surface area contributed by atoms with Gasteiger partial charge in [-0.1, -0.05) is 37.7 Å². The van der Waals surface area contributed by atoms with Gasteiger partial charge in [0.15, 0.2) is 5.17 Å². The topological polar surface area (TPSA) is 24.4 Å². The second-order valence-electron chi connectivity index (χ2n) is 4.61. The molecule has 1 aromatic rings. The smallest absolute Gasteiger partial charge is 0.161 e. The van der Waals surface area contributed by atoms with Gasteiger partial charge in [0.1, 0.15) is 0 Å². The Kier molecular flexibility index (Phi) is 4.15. The lowest BCUT2D eigenvalue weighted by Gasteiger charge is -2.13. The van der Waals surface area contributed by atoms with Gasteiger partial charge in [-0.3, -0.25) is 4.99 Å². The molecule has 1 atom stereocenters. The second-order valence-corrected chi connectivity index (χ2v) is 6.63. The highest BCUT2D eigenvalue weighted by Crippen LogP contribution is 2.31. The molecule has 0 aliphatic carbocycles. The average Bonchev–Trinajstić information content (AvgIpc) is 2.73. The van der Waals surface area contributed by atoms with Crippen LogP contribution in [0.1, 0.15) is 19.4 Å². The van der Waals surface area contributed by atoms with E-state index in [0.717, 1.165) is 21.9 Å². The van der Waals surface area contributed by atoms with Crippen LogP contribution in [0.25, 0.3) is 0 Å². The van der Waals surface area contributed by atoms with Crippen molar-refractivity contribution in [3.63, 3.8) is 0 Å². The maximum atomic E-state index is 4.55. The Balaban J connectivity index is 2.06. The molecule has 1 aliphatic heterocycles. The Hall–Kier alpha value is -0.480. The van der Waals surface area contributed by atoms with Crippen molar-refractivity contribution in [3.8, 4) is 0 Å². The molecule has 0 aromatic heterocycles. The summed E-state index contributed by atoms with van der Waals surface area (Å²) in [5, 5.41) is 5.05. The molecule has 1 aromatic carbocycles. The highest BCUT2D eigenvalue weighted by molar-refractivity contribution is 9.10. The molecule has 92 valence electrons. The van der Waals surface area contributed by atoms with Crippen molar-refractivity contribution in [2.45, 2.75) is 26.0 Å². The number of amidine groups is 1. The Morgan fingerprint density at radius 2 is 2.24 bits per heavy atom. The fraction of sp³-hybridized carbons (Fsp3) is 0.462. The monoisotopic (exact) mass is 312 g/mol. The molecule has 2 nitrogen and oxygen atoms in total. The van der Waals surface area contributed by atoms with Gasteiger partial charge in [-0.25, -0.2) is 0 Å². The molecule has 4 heteroatoms. The van der Waals surface area contributed by atoms with Crippen LogP contribution in [0, 0.1) is 12.8 Å². The van der Waals surface area contributed by atoms with E-state index in [2.05, 4.69) is 65.2 Å². The molecule has 17 heavy (non-hydrogen) atoms. The minimum absolute atomic E-state index is 0.612. The van der Waals surface area contributed by atoms with Crippen molar-refractivity contribution in [2.75, 3.05) is 11.9 Å². The molecule has 1 N–H and O–H groups in total. The summed E-state index contributed by atoms with van der Waals surface area (Å²) >= 11 is 5.45. The van der Waals surface area contributed by atoms with Crippen LogP contribution >= 0.6 is 27.7 Å². The number of benzene rings is 1. The fourth-order valence-corrected chi connectivity index (χ4v) is 3.06. The van der Waals surface area contributed by atoms with Crippen LogP contribution in [-0.4, -0.2) is 17.0 Å². The first-order valence-electron chi connectivity index (χ1n) is 5.81. The maximum Gasteiger partial charge on any atom is 0.161 e. The van der Waals surface area contributed by atoms with Gasteiger partial charge in [-0.05, 0) is 40.4 Å². The summed E-state index contributed by atoms with van der Waals surface area (Å²) in [5.41, 5.74) is 2.33. The molecule has 0 amide bonds. The molecule has 1 unspecified atom stereocenters. The summed E-state index contributed by atoms with van der Waals surface area (Å²) in [7, 11) is 0. The largest absolute Gasteiger partial charge is 0.334 e. The predicted molar refractivity (Wildman–Crippen MR) is 81.0 cm³/mol. The van der Waals surface area contributed by atoms with E-state index < -0.39 is 0 Å². The summed E-state index contributed by atoms with van der Waals surface area (Å²) in [6, 6.07) is 6.22. The van der Waals surface area contributed by atoms with E-state index in [0.29, 0.717) is 11.2 Å². The standard InChI is InChI=1S/C13H17BrN2S/c1-8(2)11-7-15-13(17-11)16-10-6-4-5-9(3)12(10)14/h4-6,8,11H,7H2,1-3H3,(H,15,16). The van der Waals surface area contributed by atoms with E-state index in [1.165, 1.54) is 5.56 Å². The first-order chi connectivity index (χ1) is 8.08. The SMILES string of the molecule is Cc1cccc(NC2=NCC(C(C)C)S2)c1Br. The molecular formula is C13H17BrN2S. The van der Waals surface area contributed by atoms with Gasteiger partial charge in [0.2, 0.25) is 0 Å². The van der Waals surface area contributed by atoms with Crippen molar-refractivity contribution in [1.82, 2.24) is 0 Å². The van der Waals surface area contributed by atoms with Gasteiger partial charge in [-0.2, -0.15) is 0 Å². The van der Waals surface area contributed by atoms with Crippen LogP contribution in [0.3, 0.4) is 0 Å². The Morgan fingerprint density at radius 3 is 2.88 bits per heavy atom. The van der Waals surface area contributed by atoms with Gasteiger partial charge < -0.3 is 5.32 Å². The number of aliphatic imine (C=N–C) groups is 1. The number of thioether (sulfide) groups is 1. The fourth-order valence-electron chi connectivity index (χ4n) is 1.67. The summed E-state index contributed by atoms with van der Waals surface area (Å²) in [6.07, 6.45) is 0. The van der Waals surface area contributed by atoms with Crippen molar-refractivity contribution >= 4 is 38.5 Å². The molecule has 0 saturated heterocycles. The molecule has 0 radical (unpaired) electrons. The molecule has 0 bridgehead atoms. The molecule has 0 spiro atoms. The number of rotatable bonds is 2. The Bertz CT molecular complexity index is 443. The summed E-state index contributed by atoms with van der Waals surface area (Å²) in [4.78, 5) is 4.55. The van der Waals surface area contributed by atoms with Crippen molar-refractivity contribution in [1.29, 1.82) is 0 Å². The molecule has 1 aliphatic rings. The highest BCUT2D eigenvalue weighted by atomic mass is 79.9. The average molecular weight is 313 g/mol. The van der Waals surface area contributed by atoms with Gasteiger partial charge in [0.05, 0.1) is 12.2 Å². The van der Waals surface area contributed by atoms with Crippen LogP contribution in [0.4, 0.5) is 5.69 Å². The van der Waals surface area contributed by atoms with Gasteiger partial charge in [-0.15, -0.1) is 0 Å². The van der Waals surface area contributed by atoms with Crippen molar-refractivity contribution in [3.05, 3.63) is 28.2 Å². The minimum atomic E-state index is 0.612. The Morgan fingerprint density at radius 1 is 1.47 bits per heavy atom. The van der Waals surface area contributed by atoms with Gasteiger partial charge in [0.25, 0.3) is 0 Å². The lowest BCUT2D eigenvalue weighted by molar-refractivity contribution is 0.621. The number of halogens is 1. The highest BCUT2D eigenvalue weighted by Gasteiger charge is 2.22. The third-order valence-corrected chi connectivity index (χ3v) is 5.36. The van der Waals surface area contributed by atoms with Gasteiger partial charge in [0, 0.05) is 9.72 Å². The summed E-state index contributed by atoms with van der Waals surface area (Å²) in [5.74, 6) is 0.670. The molecule has 1 heterocycles. The zero-order chi connectivity index (χ0) is 12.4. The number of aryl methyl sites for hydroxylation is 1. The Labute approximate surface area is 115 Å². The lowest BCUT2D eigenvalue weighted by Crippen LogP contribution is -2.13. The lowest BCUT2D eigenvalue weighted by atomic mass is 10.1. The number of hydrogen-bond acceptors (Lipinski definition) is 3. The molecular weight excluding hydrogens is 296 g/mol. The van der Waals surface area contributed by atoms with Crippen LogP contribution in [-0.2, 0) is 0 Å². The van der Waals surface area contributed by atoms with Crippen LogP contribution < -0.4 is 5.32 Å². The number of anilines is 1. The third-order valence-electron chi connectivity index (χ3n) is 2.85. The third kappa shape index (κ3) is 3.05. The van der Waals surface area contributed by atoms with E-state index in [4.69, 9.17) is 0 Å². The van der Waals surface area contributed by atoms with Crippen molar-refractivity contribution < 1.29 is 0 Å². The minimum Gasteiger partial charge on any atom is -0.334 e. The summed E-state index contributed by atoms with van der Waals surface area (Å²) < 4.78 is 1.12. The predicted octanol–water partition coefficient (Wildman–Crippen LogP) is 4.30. The molecule has 0 fully saturated rings.